The highest BCUT2D eigenvalue weighted by Crippen LogP contribution is 2.19. The summed E-state index contributed by atoms with van der Waals surface area (Å²) in [5.74, 6) is 0. The number of nitrogen functional groups attached to an aromatic ring is 2. The third-order valence-corrected chi connectivity index (χ3v) is 2.59. The third kappa shape index (κ3) is 4.93. The van der Waals surface area contributed by atoms with Crippen LogP contribution in [0.25, 0.3) is 0 Å². The minimum atomic E-state index is 0.614. The first-order valence-corrected chi connectivity index (χ1v) is 5.70. The molecule has 0 saturated carbocycles. The zero-order valence-corrected chi connectivity index (χ0v) is 10.6. The molecule has 1 aromatic carbocycles. The molecular weight excluding hydrogens is 216 g/mol. The van der Waals surface area contributed by atoms with E-state index in [1.807, 2.05) is 18.2 Å². The van der Waals surface area contributed by atoms with Crippen LogP contribution in [0.5, 0.6) is 0 Å². The Hall–Kier alpha value is -1.46. The maximum atomic E-state index is 5.73. The Morgan fingerprint density at radius 1 is 1.24 bits per heavy atom. The van der Waals surface area contributed by atoms with Crippen molar-refractivity contribution in [1.29, 1.82) is 0 Å². The number of anilines is 3. The highest BCUT2D eigenvalue weighted by molar-refractivity contribution is 5.69. The van der Waals surface area contributed by atoms with E-state index in [0.29, 0.717) is 11.4 Å². The number of nitrogens with zero attached hydrogens (tertiary/aromatic N) is 1. The summed E-state index contributed by atoms with van der Waals surface area (Å²) in [7, 11) is 3.78. The molecule has 96 valence electrons. The summed E-state index contributed by atoms with van der Waals surface area (Å²) >= 11 is 0. The lowest BCUT2D eigenvalue weighted by molar-refractivity contribution is 0.163. The van der Waals surface area contributed by atoms with Crippen molar-refractivity contribution in [3.8, 4) is 0 Å². The molecule has 0 heterocycles. The van der Waals surface area contributed by atoms with Crippen molar-refractivity contribution < 1.29 is 4.74 Å². The zero-order valence-electron chi connectivity index (χ0n) is 10.6. The Bertz CT molecular complexity index is 343. The summed E-state index contributed by atoms with van der Waals surface area (Å²) in [6.07, 6.45) is 0. The number of rotatable bonds is 7. The Labute approximate surface area is 103 Å². The second-order valence-electron chi connectivity index (χ2n) is 4.07. The lowest BCUT2D eigenvalue weighted by Gasteiger charge is -2.16. The van der Waals surface area contributed by atoms with Crippen molar-refractivity contribution in [2.75, 3.05) is 57.2 Å². The summed E-state index contributed by atoms with van der Waals surface area (Å²) in [4.78, 5) is 2.21. The van der Waals surface area contributed by atoms with E-state index in [0.717, 1.165) is 31.9 Å². The first-order chi connectivity index (χ1) is 8.13. The molecule has 0 aliphatic heterocycles. The van der Waals surface area contributed by atoms with Crippen LogP contribution in [0.4, 0.5) is 17.1 Å². The molecule has 0 unspecified atom stereocenters. The van der Waals surface area contributed by atoms with Gasteiger partial charge in [0, 0.05) is 32.4 Å². The predicted octanol–water partition coefficient (Wildman–Crippen LogP) is 0.841. The fourth-order valence-corrected chi connectivity index (χ4v) is 1.43. The van der Waals surface area contributed by atoms with E-state index in [4.69, 9.17) is 16.2 Å². The van der Waals surface area contributed by atoms with E-state index in [1.165, 1.54) is 0 Å². The molecule has 5 heteroatoms. The Kier molecular flexibility index (Phi) is 5.59. The molecular formula is C12H22N4O. The topological polar surface area (TPSA) is 76.5 Å². The molecule has 1 aromatic rings. The van der Waals surface area contributed by atoms with Crippen LogP contribution in [0.1, 0.15) is 0 Å². The minimum absolute atomic E-state index is 0.614. The quantitative estimate of drug-likeness (QED) is 0.614. The van der Waals surface area contributed by atoms with Gasteiger partial charge in [0.15, 0.2) is 0 Å². The Balaban J connectivity index is 2.28. The van der Waals surface area contributed by atoms with Gasteiger partial charge in [0.05, 0.1) is 18.0 Å². The first kappa shape index (κ1) is 13.6. The molecule has 0 fully saturated rings. The maximum Gasteiger partial charge on any atom is 0.0589 e. The van der Waals surface area contributed by atoms with Crippen LogP contribution in [-0.4, -0.2) is 45.3 Å². The van der Waals surface area contributed by atoms with Crippen LogP contribution < -0.4 is 16.8 Å². The molecule has 0 aromatic heterocycles. The van der Waals surface area contributed by atoms with Crippen molar-refractivity contribution >= 4 is 17.1 Å². The number of hydrogen-bond acceptors (Lipinski definition) is 5. The summed E-state index contributed by atoms with van der Waals surface area (Å²) in [6.45, 7) is 3.50. The standard InChI is InChI=1S/C12H22N4O/c1-16(7-8-17-2)6-5-15-10-3-4-11(13)12(14)9-10/h3-4,9,15H,5-8,13-14H2,1-2H3. The monoisotopic (exact) mass is 238 g/mol. The molecule has 5 N–H and O–H groups in total. The van der Waals surface area contributed by atoms with Gasteiger partial charge in [-0.1, -0.05) is 0 Å². The van der Waals surface area contributed by atoms with E-state index in [9.17, 15) is 0 Å². The first-order valence-electron chi connectivity index (χ1n) is 5.70. The van der Waals surface area contributed by atoms with Crippen LogP contribution in [-0.2, 0) is 4.74 Å². The highest BCUT2D eigenvalue weighted by atomic mass is 16.5. The fourth-order valence-electron chi connectivity index (χ4n) is 1.43. The minimum Gasteiger partial charge on any atom is -0.397 e. The molecule has 5 nitrogen and oxygen atoms in total. The van der Waals surface area contributed by atoms with Crippen molar-refractivity contribution in [1.82, 2.24) is 4.90 Å². The number of hydrogen-bond donors (Lipinski definition) is 3. The van der Waals surface area contributed by atoms with E-state index in [2.05, 4.69) is 17.3 Å². The largest absolute Gasteiger partial charge is 0.397 e. The van der Waals surface area contributed by atoms with Gasteiger partial charge in [0.1, 0.15) is 0 Å². The highest BCUT2D eigenvalue weighted by Gasteiger charge is 1.99. The van der Waals surface area contributed by atoms with E-state index < -0.39 is 0 Å². The summed E-state index contributed by atoms with van der Waals surface area (Å²) in [5.41, 5.74) is 13.6. The van der Waals surface area contributed by atoms with Crippen LogP contribution in [0.15, 0.2) is 18.2 Å². The normalized spacial score (nSPS) is 10.8. The second kappa shape index (κ2) is 6.98. The van der Waals surface area contributed by atoms with E-state index >= 15 is 0 Å². The molecule has 0 radical (unpaired) electrons. The van der Waals surface area contributed by atoms with Gasteiger partial charge in [-0.15, -0.1) is 0 Å². The van der Waals surface area contributed by atoms with E-state index in [-0.39, 0.29) is 0 Å². The van der Waals surface area contributed by atoms with Crippen molar-refractivity contribution in [2.24, 2.45) is 0 Å². The molecule has 0 atom stereocenters. The second-order valence-corrected chi connectivity index (χ2v) is 4.07. The number of methoxy groups -OCH3 is 1. The Morgan fingerprint density at radius 3 is 2.65 bits per heavy atom. The molecule has 0 saturated heterocycles. The van der Waals surface area contributed by atoms with Crippen LogP contribution in [0.2, 0.25) is 0 Å². The lowest BCUT2D eigenvalue weighted by atomic mass is 10.2. The fraction of sp³-hybridized carbons (Fsp3) is 0.500. The SMILES string of the molecule is COCCN(C)CCNc1ccc(N)c(N)c1. The van der Waals surface area contributed by atoms with Crippen LogP contribution in [0, 0.1) is 0 Å². The Morgan fingerprint density at radius 2 is 2.00 bits per heavy atom. The molecule has 0 aliphatic carbocycles. The third-order valence-electron chi connectivity index (χ3n) is 2.59. The molecule has 0 aliphatic rings. The summed E-state index contributed by atoms with van der Waals surface area (Å²) < 4.78 is 5.01. The predicted molar refractivity (Wildman–Crippen MR) is 73.1 cm³/mol. The number of likely N-dealkylation sites (N-methyl/N-ethyl adjacent to an activating group) is 1. The van der Waals surface area contributed by atoms with Gasteiger partial charge in [-0.3, -0.25) is 0 Å². The van der Waals surface area contributed by atoms with Gasteiger partial charge < -0.3 is 26.4 Å². The van der Waals surface area contributed by atoms with Crippen molar-refractivity contribution in [3.05, 3.63) is 18.2 Å². The van der Waals surface area contributed by atoms with E-state index in [1.54, 1.807) is 7.11 Å². The van der Waals surface area contributed by atoms with Gasteiger partial charge in [0.2, 0.25) is 0 Å². The summed E-state index contributed by atoms with van der Waals surface area (Å²) in [6, 6.07) is 5.59. The average molecular weight is 238 g/mol. The number of nitrogens with two attached hydrogens (primary N) is 2. The van der Waals surface area contributed by atoms with Gasteiger partial charge in [0.25, 0.3) is 0 Å². The van der Waals surface area contributed by atoms with Crippen LogP contribution in [0.3, 0.4) is 0 Å². The van der Waals surface area contributed by atoms with Crippen molar-refractivity contribution in [2.45, 2.75) is 0 Å². The zero-order chi connectivity index (χ0) is 12.7. The molecule has 17 heavy (non-hydrogen) atoms. The molecule has 0 spiro atoms. The number of benzene rings is 1. The smallest absolute Gasteiger partial charge is 0.0589 e. The van der Waals surface area contributed by atoms with Gasteiger partial charge in [-0.05, 0) is 25.2 Å². The molecule has 0 bridgehead atoms. The number of ether oxygens (including phenoxy) is 1. The average Bonchev–Trinajstić information content (AvgIpc) is 2.31. The lowest BCUT2D eigenvalue weighted by Crippen LogP contribution is -2.28. The van der Waals surface area contributed by atoms with Gasteiger partial charge in [-0.25, -0.2) is 0 Å². The van der Waals surface area contributed by atoms with Crippen molar-refractivity contribution in [3.63, 3.8) is 0 Å². The van der Waals surface area contributed by atoms with Gasteiger partial charge >= 0.3 is 0 Å². The maximum absolute atomic E-state index is 5.73. The molecule has 1 rings (SSSR count). The van der Waals surface area contributed by atoms with Gasteiger partial charge in [-0.2, -0.15) is 0 Å². The summed E-state index contributed by atoms with van der Waals surface area (Å²) in [5, 5.41) is 3.30. The van der Waals surface area contributed by atoms with Crippen LogP contribution >= 0.6 is 0 Å². The molecule has 0 amide bonds. The number of nitrogens with one attached hydrogen (secondary N) is 1.